The minimum Gasteiger partial charge on any atom is -0.388 e. The summed E-state index contributed by atoms with van der Waals surface area (Å²) < 4.78 is 7.64. The first kappa shape index (κ1) is 11.2. The van der Waals surface area contributed by atoms with E-state index in [4.69, 9.17) is 4.74 Å². The summed E-state index contributed by atoms with van der Waals surface area (Å²) in [5, 5.41) is 14.5. The second kappa shape index (κ2) is 4.10. The third-order valence-corrected chi connectivity index (χ3v) is 4.31. The van der Waals surface area contributed by atoms with Gasteiger partial charge in [0.25, 0.3) is 0 Å². The Bertz CT molecular complexity index is 398. The lowest BCUT2D eigenvalue weighted by Crippen LogP contribution is -2.46. The monoisotopic (exact) mass is 236 g/mol. The van der Waals surface area contributed by atoms with Gasteiger partial charge in [-0.3, -0.25) is 4.68 Å². The third kappa shape index (κ3) is 2.00. The highest BCUT2D eigenvalue weighted by atomic mass is 16.5. The molecule has 1 aliphatic carbocycles. The molecule has 0 aromatic carbocycles. The average Bonchev–Trinajstić information content (AvgIpc) is 2.73. The van der Waals surface area contributed by atoms with Gasteiger partial charge >= 0.3 is 0 Å². The van der Waals surface area contributed by atoms with Gasteiger partial charge in [0.05, 0.1) is 17.9 Å². The van der Waals surface area contributed by atoms with Crippen molar-refractivity contribution in [2.75, 3.05) is 6.61 Å². The molecule has 1 saturated carbocycles. The third-order valence-electron chi connectivity index (χ3n) is 4.31. The van der Waals surface area contributed by atoms with Gasteiger partial charge < -0.3 is 9.84 Å². The minimum atomic E-state index is -0.384. The standard InChI is InChI=1S/C13H20N2O2/c1-15-9-11(8-14-15)12(16)10-3-6-17-13(7-10)4-2-5-13/h8-10,12,16H,2-7H2,1H3. The molecule has 0 bridgehead atoms. The van der Waals surface area contributed by atoms with E-state index in [1.807, 2.05) is 13.2 Å². The highest BCUT2D eigenvalue weighted by Crippen LogP contribution is 2.47. The summed E-state index contributed by atoms with van der Waals surface area (Å²) in [5.41, 5.74) is 1.04. The number of nitrogens with zero attached hydrogens (tertiary/aromatic N) is 2. The molecular formula is C13H20N2O2. The van der Waals surface area contributed by atoms with Gasteiger partial charge in [-0.25, -0.2) is 0 Å². The van der Waals surface area contributed by atoms with Crippen molar-refractivity contribution in [2.45, 2.75) is 43.8 Å². The van der Waals surface area contributed by atoms with Crippen LogP contribution >= 0.6 is 0 Å². The highest BCUT2D eigenvalue weighted by Gasteiger charge is 2.44. The van der Waals surface area contributed by atoms with Crippen LogP contribution in [0.2, 0.25) is 0 Å². The van der Waals surface area contributed by atoms with Gasteiger partial charge in [-0.1, -0.05) is 0 Å². The van der Waals surface area contributed by atoms with Gasteiger partial charge in [0.2, 0.25) is 0 Å². The molecule has 1 aromatic rings. The molecule has 4 nitrogen and oxygen atoms in total. The second-order valence-electron chi connectivity index (χ2n) is 5.53. The van der Waals surface area contributed by atoms with Crippen LogP contribution in [0.25, 0.3) is 0 Å². The smallest absolute Gasteiger partial charge is 0.0850 e. The van der Waals surface area contributed by atoms with Crippen molar-refractivity contribution in [1.29, 1.82) is 0 Å². The van der Waals surface area contributed by atoms with Gasteiger partial charge in [0.15, 0.2) is 0 Å². The molecule has 94 valence electrons. The molecule has 1 saturated heterocycles. The molecule has 3 rings (SSSR count). The number of ether oxygens (including phenoxy) is 1. The average molecular weight is 236 g/mol. The van der Waals surface area contributed by atoms with Crippen molar-refractivity contribution < 1.29 is 9.84 Å². The van der Waals surface area contributed by atoms with Crippen molar-refractivity contribution >= 4 is 0 Å². The second-order valence-corrected chi connectivity index (χ2v) is 5.53. The van der Waals surface area contributed by atoms with Gasteiger partial charge in [-0.05, 0) is 38.0 Å². The van der Waals surface area contributed by atoms with Crippen molar-refractivity contribution in [3.05, 3.63) is 18.0 Å². The van der Waals surface area contributed by atoms with Crippen LogP contribution in [0.3, 0.4) is 0 Å². The first-order valence-corrected chi connectivity index (χ1v) is 6.49. The Labute approximate surface area is 102 Å². The molecule has 4 heteroatoms. The van der Waals surface area contributed by atoms with E-state index in [9.17, 15) is 5.11 Å². The summed E-state index contributed by atoms with van der Waals surface area (Å²) in [6.07, 6.45) is 8.87. The fourth-order valence-corrected chi connectivity index (χ4v) is 3.12. The molecule has 2 aliphatic rings. The molecule has 1 spiro atoms. The first-order chi connectivity index (χ1) is 8.19. The fraction of sp³-hybridized carbons (Fsp3) is 0.769. The first-order valence-electron chi connectivity index (χ1n) is 6.49. The summed E-state index contributed by atoms with van der Waals surface area (Å²) in [6.45, 7) is 0.794. The molecule has 17 heavy (non-hydrogen) atoms. The summed E-state index contributed by atoms with van der Waals surface area (Å²) in [4.78, 5) is 0. The van der Waals surface area contributed by atoms with Gasteiger partial charge in [-0.2, -0.15) is 5.10 Å². The summed E-state index contributed by atoms with van der Waals surface area (Å²) in [6, 6.07) is 0. The number of aromatic nitrogens is 2. The lowest BCUT2D eigenvalue weighted by Gasteiger charge is -2.48. The van der Waals surface area contributed by atoms with Gasteiger partial charge in [0.1, 0.15) is 0 Å². The van der Waals surface area contributed by atoms with Crippen molar-refractivity contribution in [3.8, 4) is 0 Å². The molecule has 1 aromatic heterocycles. The molecular weight excluding hydrogens is 216 g/mol. The van der Waals surface area contributed by atoms with Crippen LogP contribution in [0.4, 0.5) is 0 Å². The Morgan fingerprint density at radius 1 is 1.59 bits per heavy atom. The summed E-state index contributed by atoms with van der Waals surface area (Å²) in [5.74, 6) is 0.327. The number of hydrogen-bond donors (Lipinski definition) is 1. The van der Waals surface area contributed by atoms with Crippen LogP contribution < -0.4 is 0 Å². The van der Waals surface area contributed by atoms with Crippen LogP contribution in [0.1, 0.15) is 43.8 Å². The number of aryl methyl sites for hydroxylation is 1. The van der Waals surface area contributed by atoms with Gasteiger partial charge in [0, 0.05) is 25.4 Å². The molecule has 2 fully saturated rings. The quantitative estimate of drug-likeness (QED) is 0.851. The van der Waals surface area contributed by atoms with E-state index in [2.05, 4.69) is 5.10 Å². The van der Waals surface area contributed by atoms with E-state index in [0.29, 0.717) is 5.92 Å². The lowest BCUT2D eigenvalue weighted by atomic mass is 9.70. The maximum Gasteiger partial charge on any atom is 0.0850 e. The molecule has 2 heterocycles. The van der Waals surface area contributed by atoms with Crippen molar-refractivity contribution in [3.63, 3.8) is 0 Å². The zero-order chi connectivity index (χ0) is 11.9. The summed E-state index contributed by atoms with van der Waals surface area (Å²) >= 11 is 0. The molecule has 2 atom stereocenters. The Hall–Kier alpha value is -0.870. The zero-order valence-electron chi connectivity index (χ0n) is 10.3. The highest BCUT2D eigenvalue weighted by molar-refractivity contribution is 5.10. The molecule has 0 amide bonds. The SMILES string of the molecule is Cn1cc(C(O)C2CCOC3(CCC3)C2)cn1. The molecule has 1 aliphatic heterocycles. The minimum absolute atomic E-state index is 0.103. The Kier molecular flexibility index (Phi) is 2.71. The van der Waals surface area contributed by atoms with E-state index < -0.39 is 0 Å². The van der Waals surface area contributed by atoms with Crippen LogP contribution in [0.5, 0.6) is 0 Å². The van der Waals surface area contributed by atoms with E-state index in [1.165, 1.54) is 19.3 Å². The van der Waals surface area contributed by atoms with Gasteiger partial charge in [-0.15, -0.1) is 0 Å². The normalized spacial score (nSPS) is 28.9. The van der Waals surface area contributed by atoms with Crippen molar-refractivity contribution in [1.82, 2.24) is 9.78 Å². The van der Waals surface area contributed by atoms with Crippen molar-refractivity contribution in [2.24, 2.45) is 13.0 Å². The zero-order valence-corrected chi connectivity index (χ0v) is 10.3. The fourth-order valence-electron chi connectivity index (χ4n) is 3.12. The Morgan fingerprint density at radius 3 is 3.00 bits per heavy atom. The lowest BCUT2D eigenvalue weighted by molar-refractivity contribution is -0.157. The van der Waals surface area contributed by atoms with Crippen LogP contribution in [-0.4, -0.2) is 27.1 Å². The molecule has 1 N–H and O–H groups in total. The predicted molar refractivity (Wildman–Crippen MR) is 63.4 cm³/mol. The number of aliphatic hydroxyl groups is 1. The predicted octanol–water partition coefficient (Wildman–Crippen LogP) is 1.80. The maximum absolute atomic E-state index is 10.4. The Balaban J connectivity index is 1.71. The largest absolute Gasteiger partial charge is 0.388 e. The Morgan fingerprint density at radius 2 is 2.41 bits per heavy atom. The number of aliphatic hydroxyl groups excluding tert-OH is 1. The van der Waals surface area contributed by atoms with Crippen LogP contribution in [0.15, 0.2) is 12.4 Å². The van der Waals surface area contributed by atoms with E-state index in [-0.39, 0.29) is 11.7 Å². The van der Waals surface area contributed by atoms with E-state index in [1.54, 1.807) is 10.9 Å². The van der Waals surface area contributed by atoms with Crippen LogP contribution in [-0.2, 0) is 11.8 Å². The topological polar surface area (TPSA) is 47.3 Å². The summed E-state index contributed by atoms with van der Waals surface area (Å²) in [7, 11) is 1.88. The number of hydrogen-bond acceptors (Lipinski definition) is 3. The molecule has 2 unspecified atom stereocenters. The van der Waals surface area contributed by atoms with E-state index >= 15 is 0 Å². The van der Waals surface area contributed by atoms with Crippen LogP contribution in [0, 0.1) is 5.92 Å². The number of rotatable bonds is 2. The maximum atomic E-state index is 10.4. The van der Waals surface area contributed by atoms with E-state index in [0.717, 1.165) is 25.0 Å². The molecule has 0 radical (unpaired) electrons.